The summed E-state index contributed by atoms with van der Waals surface area (Å²) in [6, 6.07) is 15.7. The van der Waals surface area contributed by atoms with Gasteiger partial charge in [-0.25, -0.2) is 14.2 Å². The first kappa shape index (κ1) is 17.6. The van der Waals surface area contributed by atoms with Crippen molar-refractivity contribution in [1.82, 2.24) is 9.55 Å². The van der Waals surface area contributed by atoms with Crippen LogP contribution in [0.5, 0.6) is 0 Å². The third kappa shape index (κ3) is 3.57. The van der Waals surface area contributed by atoms with Crippen molar-refractivity contribution in [3.63, 3.8) is 0 Å². The van der Waals surface area contributed by atoms with Gasteiger partial charge in [-0.05, 0) is 36.3 Å². The number of carboxylic acid groups (broad SMARTS) is 1. The van der Waals surface area contributed by atoms with Crippen molar-refractivity contribution in [2.45, 2.75) is 19.8 Å². The number of hydrogen-bond acceptors (Lipinski definition) is 2. The van der Waals surface area contributed by atoms with E-state index in [0.29, 0.717) is 11.5 Å². The average Bonchev–Trinajstić information content (AvgIpc) is 3.01. The van der Waals surface area contributed by atoms with Crippen molar-refractivity contribution in [1.29, 1.82) is 0 Å². The second-order valence-electron chi connectivity index (χ2n) is 6.21. The number of nitrogens with zero attached hydrogens (tertiary/aromatic N) is 2. The van der Waals surface area contributed by atoms with Gasteiger partial charge in [-0.3, -0.25) is 4.57 Å². The van der Waals surface area contributed by atoms with E-state index >= 15 is 0 Å². The van der Waals surface area contributed by atoms with Crippen LogP contribution in [0.25, 0.3) is 23.2 Å². The molecule has 0 atom stereocenters. The van der Waals surface area contributed by atoms with E-state index in [1.165, 1.54) is 12.1 Å². The summed E-state index contributed by atoms with van der Waals surface area (Å²) in [5.74, 6) is -0.590. The van der Waals surface area contributed by atoms with Crippen molar-refractivity contribution in [2.24, 2.45) is 0 Å². The molecule has 0 fully saturated rings. The van der Waals surface area contributed by atoms with Gasteiger partial charge in [0, 0.05) is 17.3 Å². The Morgan fingerprint density at radius 3 is 2.35 bits per heavy atom. The van der Waals surface area contributed by atoms with Gasteiger partial charge in [-0.1, -0.05) is 44.2 Å². The molecule has 26 heavy (non-hydrogen) atoms. The van der Waals surface area contributed by atoms with Gasteiger partial charge < -0.3 is 5.11 Å². The summed E-state index contributed by atoms with van der Waals surface area (Å²) in [7, 11) is 0. The third-order valence-electron chi connectivity index (χ3n) is 3.99. The molecule has 0 aliphatic heterocycles. The summed E-state index contributed by atoms with van der Waals surface area (Å²) in [5, 5.41) is 9.06. The molecule has 5 heteroatoms. The summed E-state index contributed by atoms with van der Waals surface area (Å²) in [6.45, 7) is 4.01. The van der Waals surface area contributed by atoms with E-state index in [1.54, 1.807) is 18.2 Å². The zero-order chi connectivity index (χ0) is 18.7. The molecule has 0 aliphatic rings. The minimum Gasteiger partial charge on any atom is -0.478 e. The maximum atomic E-state index is 13.4. The SMILES string of the molecule is CC(C)c1nc(-c2ccccc2)n(-c2ccc(F)cc2)c1C=CC(=O)O. The molecule has 1 heterocycles. The van der Waals surface area contributed by atoms with Crippen LogP contribution in [-0.4, -0.2) is 20.6 Å². The lowest BCUT2D eigenvalue weighted by Crippen LogP contribution is -2.01. The van der Waals surface area contributed by atoms with Crippen LogP contribution >= 0.6 is 0 Å². The van der Waals surface area contributed by atoms with Crippen LogP contribution < -0.4 is 0 Å². The Bertz CT molecular complexity index is 942. The number of benzene rings is 2. The van der Waals surface area contributed by atoms with E-state index < -0.39 is 5.97 Å². The highest BCUT2D eigenvalue weighted by atomic mass is 19.1. The smallest absolute Gasteiger partial charge is 0.328 e. The lowest BCUT2D eigenvalue weighted by molar-refractivity contribution is -0.131. The Kier molecular flexibility index (Phi) is 4.98. The molecule has 132 valence electrons. The molecule has 0 amide bonds. The highest BCUT2D eigenvalue weighted by Crippen LogP contribution is 2.31. The van der Waals surface area contributed by atoms with Gasteiger partial charge in [0.15, 0.2) is 0 Å². The first-order chi connectivity index (χ1) is 12.5. The fraction of sp³-hybridized carbons (Fsp3) is 0.143. The second-order valence-corrected chi connectivity index (χ2v) is 6.21. The van der Waals surface area contributed by atoms with Crippen LogP contribution in [0.1, 0.15) is 31.2 Å². The predicted octanol–water partition coefficient (Wildman–Crippen LogP) is 4.90. The molecule has 0 bridgehead atoms. The predicted molar refractivity (Wildman–Crippen MR) is 99.7 cm³/mol. The highest BCUT2D eigenvalue weighted by Gasteiger charge is 2.20. The van der Waals surface area contributed by atoms with E-state index in [9.17, 15) is 9.18 Å². The summed E-state index contributed by atoms with van der Waals surface area (Å²) >= 11 is 0. The first-order valence-electron chi connectivity index (χ1n) is 8.32. The first-order valence-corrected chi connectivity index (χ1v) is 8.32. The number of hydrogen-bond donors (Lipinski definition) is 1. The van der Waals surface area contributed by atoms with Gasteiger partial charge in [-0.2, -0.15) is 0 Å². The maximum absolute atomic E-state index is 13.4. The lowest BCUT2D eigenvalue weighted by atomic mass is 10.1. The van der Waals surface area contributed by atoms with Crippen LogP contribution in [-0.2, 0) is 4.79 Å². The molecule has 1 N–H and O–H groups in total. The van der Waals surface area contributed by atoms with E-state index in [1.807, 2.05) is 48.7 Å². The van der Waals surface area contributed by atoms with E-state index in [-0.39, 0.29) is 11.7 Å². The normalized spacial score (nSPS) is 11.4. The number of halogens is 1. The van der Waals surface area contributed by atoms with Crippen LogP contribution in [0.3, 0.4) is 0 Å². The van der Waals surface area contributed by atoms with Crippen molar-refractivity contribution in [2.75, 3.05) is 0 Å². The number of carbonyl (C=O) groups is 1. The molecule has 4 nitrogen and oxygen atoms in total. The summed E-state index contributed by atoms with van der Waals surface area (Å²) < 4.78 is 15.3. The Morgan fingerprint density at radius 1 is 1.12 bits per heavy atom. The highest BCUT2D eigenvalue weighted by molar-refractivity contribution is 5.85. The van der Waals surface area contributed by atoms with Gasteiger partial charge in [0.25, 0.3) is 0 Å². The van der Waals surface area contributed by atoms with Gasteiger partial charge in [0.2, 0.25) is 0 Å². The Hall–Kier alpha value is -3.21. The molecule has 0 saturated carbocycles. The van der Waals surface area contributed by atoms with Gasteiger partial charge in [0.1, 0.15) is 11.6 Å². The summed E-state index contributed by atoms with van der Waals surface area (Å²) in [6.07, 6.45) is 2.64. The number of carboxylic acids is 1. The second kappa shape index (κ2) is 7.35. The standard InChI is InChI=1S/C21H19FN2O2/c1-14(2)20-18(12-13-19(25)26)24(17-10-8-16(22)9-11-17)21(23-20)15-6-4-3-5-7-15/h3-14H,1-2H3,(H,25,26). The fourth-order valence-corrected chi connectivity index (χ4v) is 2.82. The average molecular weight is 350 g/mol. The summed E-state index contributed by atoms with van der Waals surface area (Å²) in [5.41, 5.74) is 3.07. The van der Waals surface area contributed by atoms with Crippen molar-refractivity contribution < 1.29 is 14.3 Å². The lowest BCUT2D eigenvalue weighted by Gasteiger charge is -2.11. The molecule has 0 radical (unpaired) electrons. The van der Waals surface area contributed by atoms with Crippen LogP contribution in [0.2, 0.25) is 0 Å². The van der Waals surface area contributed by atoms with E-state index in [4.69, 9.17) is 10.1 Å². The molecule has 0 saturated heterocycles. The molecule has 3 rings (SSSR count). The number of rotatable bonds is 5. The zero-order valence-corrected chi connectivity index (χ0v) is 14.6. The van der Waals surface area contributed by atoms with Crippen LogP contribution in [0, 0.1) is 5.82 Å². The molecule has 0 spiro atoms. The molecule has 2 aromatic carbocycles. The number of aliphatic carboxylic acids is 1. The number of aromatic nitrogens is 2. The monoisotopic (exact) mass is 350 g/mol. The van der Waals surface area contributed by atoms with Gasteiger partial charge >= 0.3 is 5.97 Å². The topological polar surface area (TPSA) is 55.1 Å². The van der Waals surface area contributed by atoms with E-state index in [0.717, 1.165) is 23.0 Å². The molecular formula is C21H19FN2O2. The number of imidazole rings is 1. The van der Waals surface area contributed by atoms with Crippen molar-refractivity contribution >= 4 is 12.0 Å². The Morgan fingerprint density at radius 2 is 1.77 bits per heavy atom. The minimum absolute atomic E-state index is 0.0904. The fourth-order valence-electron chi connectivity index (χ4n) is 2.82. The largest absolute Gasteiger partial charge is 0.478 e. The van der Waals surface area contributed by atoms with Crippen LogP contribution in [0.4, 0.5) is 4.39 Å². The molecular weight excluding hydrogens is 331 g/mol. The third-order valence-corrected chi connectivity index (χ3v) is 3.99. The van der Waals surface area contributed by atoms with Gasteiger partial charge in [0.05, 0.1) is 11.4 Å². The Balaban J connectivity index is 2.32. The maximum Gasteiger partial charge on any atom is 0.328 e. The van der Waals surface area contributed by atoms with Crippen molar-refractivity contribution in [3.8, 4) is 17.1 Å². The molecule has 1 aromatic heterocycles. The Labute approximate surface area is 151 Å². The van der Waals surface area contributed by atoms with E-state index in [2.05, 4.69) is 0 Å². The van der Waals surface area contributed by atoms with Crippen LogP contribution in [0.15, 0.2) is 60.7 Å². The molecule has 3 aromatic rings. The minimum atomic E-state index is -1.03. The molecule has 0 aliphatic carbocycles. The quantitative estimate of drug-likeness (QED) is 0.666. The zero-order valence-electron chi connectivity index (χ0n) is 14.6. The molecule has 0 unspecified atom stereocenters. The summed E-state index contributed by atoms with van der Waals surface area (Å²) in [4.78, 5) is 15.8. The van der Waals surface area contributed by atoms with Crippen molar-refractivity contribution in [3.05, 3.63) is 77.9 Å². The van der Waals surface area contributed by atoms with Gasteiger partial charge in [-0.15, -0.1) is 0 Å².